The Morgan fingerprint density at radius 2 is 2.17 bits per heavy atom. The van der Waals surface area contributed by atoms with E-state index in [1.165, 1.54) is 12.1 Å². The van der Waals surface area contributed by atoms with E-state index in [1.807, 2.05) is 6.92 Å². The summed E-state index contributed by atoms with van der Waals surface area (Å²) in [7, 11) is 0. The lowest BCUT2D eigenvalue weighted by Crippen LogP contribution is -2.43. The van der Waals surface area contributed by atoms with E-state index in [2.05, 4.69) is 10.3 Å². The van der Waals surface area contributed by atoms with Crippen LogP contribution in [0, 0.1) is 5.92 Å². The van der Waals surface area contributed by atoms with Gasteiger partial charge in [0.2, 0.25) is 5.88 Å². The fraction of sp³-hybridized carbons (Fsp3) is 0.583. The smallest absolute Gasteiger partial charge is 0.433 e. The number of alkyl halides is 3. The predicted octanol–water partition coefficient (Wildman–Crippen LogP) is 2.48. The van der Waals surface area contributed by atoms with Gasteiger partial charge in [0.1, 0.15) is 11.8 Å². The van der Waals surface area contributed by atoms with Gasteiger partial charge in [-0.2, -0.15) is 13.2 Å². The van der Waals surface area contributed by atoms with E-state index in [9.17, 15) is 13.2 Å². The maximum absolute atomic E-state index is 12.5. The van der Waals surface area contributed by atoms with Crippen LogP contribution in [0.15, 0.2) is 18.2 Å². The first kappa shape index (κ1) is 13.1. The Morgan fingerprint density at radius 3 is 2.83 bits per heavy atom. The fourth-order valence-electron chi connectivity index (χ4n) is 1.91. The van der Waals surface area contributed by atoms with Gasteiger partial charge in [0.05, 0.1) is 0 Å². The molecule has 2 unspecified atom stereocenters. The van der Waals surface area contributed by atoms with Gasteiger partial charge in [0.25, 0.3) is 0 Å². The fourth-order valence-corrected chi connectivity index (χ4v) is 1.91. The van der Waals surface area contributed by atoms with Gasteiger partial charge < -0.3 is 10.1 Å². The molecule has 1 saturated heterocycles. The Bertz CT molecular complexity index is 409. The molecule has 6 heteroatoms. The molecule has 1 fully saturated rings. The first-order valence-corrected chi connectivity index (χ1v) is 5.88. The maximum atomic E-state index is 12.5. The second-order valence-corrected chi connectivity index (χ2v) is 4.49. The summed E-state index contributed by atoms with van der Waals surface area (Å²) in [5.41, 5.74) is -0.920. The summed E-state index contributed by atoms with van der Waals surface area (Å²) in [6.45, 7) is 3.58. The number of ether oxygens (including phenoxy) is 1. The highest BCUT2D eigenvalue weighted by Crippen LogP contribution is 2.29. The van der Waals surface area contributed by atoms with Crippen molar-refractivity contribution >= 4 is 0 Å². The van der Waals surface area contributed by atoms with Crippen molar-refractivity contribution in [3.8, 4) is 5.88 Å². The monoisotopic (exact) mass is 260 g/mol. The molecular weight excluding hydrogens is 245 g/mol. The molecule has 2 heterocycles. The number of rotatable bonds is 2. The van der Waals surface area contributed by atoms with Crippen LogP contribution in [0.3, 0.4) is 0 Å². The molecule has 1 aliphatic heterocycles. The quantitative estimate of drug-likeness (QED) is 0.887. The number of hydrogen-bond donors (Lipinski definition) is 1. The average molecular weight is 260 g/mol. The number of nitrogens with one attached hydrogen (secondary N) is 1. The number of pyridine rings is 1. The highest BCUT2D eigenvalue weighted by Gasteiger charge is 2.33. The van der Waals surface area contributed by atoms with Crippen LogP contribution in [-0.4, -0.2) is 24.2 Å². The van der Waals surface area contributed by atoms with Crippen molar-refractivity contribution in [1.82, 2.24) is 10.3 Å². The van der Waals surface area contributed by atoms with E-state index in [1.54, 1.807) is 0 Å². The predicted molar refractivity (Wildman–Crippen MR) is 60.3 cm³/mol. The second-order valence-electron chi connectivity index (χ2n) is 4.49. The van der Waals surface area contributed by atoms with Crippen molar-refractivity contribution in [2.24, 2.45) is 5.92 Å². The topological polar surface area (TPSA) is 34.1 Å². The van der Waals surface area contributed by atoms with Crippen molar-refractivity contribution in [3.05, 3.63) is 23.9 Å². The van der Waals surface area contributed by atoms with E-state index < -0.39 is 11.9 Å². The zero-order valence-electron chi connectivity index (χ0n) is 10.00. The van der Waals surface area contributed by atoms with Crippen LogP contribution in [0.5, 0.6) is 5.88 Å². The van der Waals surface area contributed by atoms with Crippen LogP contribution in [0.1, 0.15) is 19.0 Å². The molecule has 1 N–H and O–H groups in total. The van der Waals surface area contributed by atoms with Crippen molar-refractivity contribution < 1.29 is 17.9 Å². The Labute approximate surface area is 103 Å². The van der Waals surface area contributed by atoms with Gasteiger partial charge in [-0.15, -0.1) is 0 Å². The number of hydrogen-bond acceptors (Lipinski definition) is 3. The lowest BCUT2D eigenvalue weighted by Gasteiger charge is -2.29. The van der Waals surface area contributed by atoms with Gasteiger partial charge in [-0.1, -0.05) is 13.0 Å². The normalized spacial score (nSPS) is 24.9. The van der Waals surface area contributed by atoms with Crippen LogP contribution in [0.25, 0.3) is 0 Å². The highest BCUT2D eigenvalue weighted by molar-refractivity contribution is 5.18. The second kappa shape index (κ2) is 5.14. The van der Waals surface area contributed by atoms with E-state index in [0.29, 0.717) is 12.5 Å². The molecule has 0 amide bonds. The van der Waals surface area contributed by atoms with Gasteiger partial charge >= 0.3 is 6.18 Å². The SMILES string of the molecule is CC1CCNCC1Oc1cccc(C(F)(F)F)n1. The Balaban J connectivity index is 2.09. The minimum atomic E-state index is -4.43. The highest BCUT2D eigenvalue weighted by atomic mass is 19.4. The standard InChI is InChI=1S/C12H15F3N2O/c1-8-5-6-16-7-9(8)18-11-4-2-3-10(17-11)12(13,14)15/h2-4,8-9,16H,5-7H2,1H3. The summed E-state index contributed by atoms with van der Waals surface area (Å²) in [5.74, 6) is 0.341. The lowest BCUT2D eigenvalue weighted by molar-refractivity contribution is -0.141. The summed E-state index contributed by atoms with van der Waals surface area (Å²) in [6, 6.07) is 3.71. The summed E-state index contributed by atoms with van der Waals surface area (Å²) < 4.78 is 43.0. The van der Waals surface area contributed by atoms with Gasteiger partial charge in [0, 0.05) is 12.6 Å². The Morgan fingerprint density at radius 1 is 1.39 bits per heavy atom. The number of halogens is 3. The van der Waals surface area contributed by atoms with Crippen molar-refractivity contribution in [2.75, 3.05) is 13.1 Å². The zero-order valence-corrected chi connectivity index (χ0v) is 10.00. The van der Waals surface area contributed by atoms with Gasteiger partial charge in [-0.25, -0.2) is 4.98 Å². The third-order valence-electron chi connectivity index (χ3n) is 3.04. The van der Waals surface area contributed by atoms with Crippen molar-refractivity contribution in [1.29, 1.82) is 0 Å². The van der Waals surface area contributed by atoms with Gasteiger partial charge in [0.15, 0.2) is 0 Å². The van der Waals surface area contributed by atoms with Crippen molar-refractivity contribution in [2.45, 2.75) is 25.6 Å². The van der Waals surface area contributed by atoms with E-state index >= 15 is 0 Å². The first-order chi connectivity index (χ1) is 8.47. The van der Waals surface area contributed by atoms with Crippen LogP contribution in [-0.2, 0) is 6.18 Å². The van der Waals surface area contributed by atoms with E-state index in [-0.39, 0.29) is 12.0 Å². The largest absolute Gasteiger partial charge is 0.473 e. The molecule has 0 aliphatic carbocycles. The molecule has 1 aliphatic rings. The molecule has 1 aromatic heterocycles. The van der Waals surface area contributed by atoms with Crippen LogP contribution in [0.2, 0.25) is 0 Å². The van der Waals surface area contributed by atoms with Crippen LogP contribution >= 0.6 is 0 Å². The average Bonchev–Trinajstić information content (AvgIpc) is 2.31. The molecule has 18 heavy (non-hydrogen) atoms. The zero-order chi connectivity index (χ0) is 13.2. The van der Waals surface area contributed by atoms with Gasteiger partial charge in [-0.05, 0) is 24.9 Å². The molecule has 2 atom stereocenters. The Hall–Kier alpha value is -1.30. The van der Waals surface area contributed by atoms with Crippen molar-refractivity contribution in [3.63, 3.8) is 0 Å². The molecule has 1 aromatic rings. The molecule has 0 spiro atoms. The minimum absolute atomic E-state index is 0.0328. The van der Waals surface area contributed by atoms with Crippen LogP contribution < -0.4 is 10.1 Å². The van der Waals surface area contributed by atoms with Gasteiger partial charge in [-0.3, -0.25) is 0 Å². The number of piperidine rings is 1. The van der Waals surface area contributed by atoms with E-state index in [4.69, 9.17) is 4.74 Å². The molecular formula is C12H15F3N2O. The molecule has 2 rings (SSSR count). The summed E-state index contributed by atoms with van der Waals surface area (Å²) >= 11 is 0. The molecule has 0 bridgehead atoms. The molecule has 100 valence electrons. The number of nitrogens with zero attached hydrogens (tertiary/aromatic N) is 1. The maximum Gasteiger partial charge on any atom is 0.433 e. The van der Waals surface area contributed by atoms with E-state index in [0.717, 1.165) is 19.0 Å². The third-order valence-corrected chi connectivity index (χ3v) is 3.04. The molecule has 0 radical (unpaired) electrons. The first-order valence-electron chi connectivity index (χ1n) is 5.88. The summed E-state index contributed by atoms with van der Waals surface area (Å²) in [5, 5.41) is 3.16. The number of aromatic nitrogens is 1. The summed E-state index contributed by atoms with van der Waals surface area (Å²) in [6.07, 6.45) is -3.62. The van der Waals surface area contributed by atoms with Crippen LogP contribution in [0.4, 0.5) is 13.2 Å². The Kier molecular flexibility index (Phi) is 3.75. The minimum Gasteiger partial charge on any atom is -0.473 e. The third kappa shape index (κ3) is 3.13. The lowest BCUT2D eigenvalue weighted by atomic mass is 9.97. The molecule has 3 nitrogen and oxygen atoms in total. The summed E-state index contributed by atoms with van der Waals surface area (Å²) in [4.78, 5) is 3.50. The molecule has 0 aromatic carbocycles. The molecule has 0 saturated carbocycles.